The van der Waals surface area contributed by atoms with Crippen LogP contribution in [-0.2, 0) is 4.79 Å². The molecule has 2 aromatic rings. The van der Waals surface area contributed by atoms with Crippen LogP contribution < -0.4 is 10.6 Å². The summed E-state index contributed by atoms with van der Waals surface area (Å²) in [4.78, 5) is 23.0. The van der Waals surface area contributed by atoms with Crippen LogP contribution in [0, 0.1) is 0 Å². The second kappa shape index (κ2) is 5.91. The van der Waals surface area contributed by atoms with Gasteiger partial charge in [0, 0.05) is 0 Å². The number of thiocarbonyl (C=S) groups is 1. The molecule has 3 rings (SSSR count). The van der Waals surface area contributed by atoms with E-state index in [1.165, 1.54) is 0 Å². The van der Waals surface area contributed by atoms with E-state index in [1.807, 2.05) is 54.6 Å². The van der Waals surface area contributed by atoms with Gasteiger partial charge in [-0.25, -0.2) is 4.79 Å². The molecule has 1 saturated heterocycles. The molecular weight excluding hydrogens is 296 g/mol. The third-order valence-electron chi connectivity index (χ3n) is 3.27. The maximum Gasteiger partial charge on any atom is 0.326 e. The van der Waals surface area contributed by atoms with Crippen molar-refractivity contribution in [2.45, 2.75) is 0 Å². The Kier molecular flexibility index (Phi) is 3.80. The summed E-state index contributed by atoms with van der Waals surface area (Å²) in [5.74, 6) is -0.485. The van der Waals surface area contributed by atoms with Gasteiger partial charge in [-0.15, -0.1) is 0 Å². The van der Waals surface area contributed by atoms with Gasteiger partial charge in [0.15, 0.2) is 0 Å². The minimum absolute atomic E-state index is 0.140. The molecule has 4 nitrogen and oxygen atoms in total. The van der Waals surface area contributed by atoms with Crippen molar-refractivity contribution in [2.24, 2.45) is 0 Å². The first-order chi connectivity index (χ1) is 10.6. The normalized spacial score (nSPS) is 16.4. The molecule has 1 fully saturated rings. The first kappa shape index (κ1) is 14.2. The fourth-order valence-corrected chi connectivity index (χ4v) is 2.42. The molecule has 0 aromatic heterocycles. The zero-order valence-corrected chi connectivity index (χ0v) is 12.3. The monoisotopic (exact) mass is 308 g/mol. The molecule has 2 N–H and O–H groups in total. The molecule has 0 saturated carbocycles. The van der Waals surface area contributed by atoms with E-state index in [1.54, 1.807) is 6.08 Å². The zero-order valence-electron chi connectivity index (χ0n) is 11.5. The molecule has 0 atom stereocenters. The summed E-state index contributed by atoms with van der Waals surface area (Å²) in [6, 6.07) is 17.2. The van der Waals surface area contributed by atoms with Gasteiger partial charge in [0.1, 0.15) is 4.99 Å². The highest BCUT2D eigenvalue weighted by Crippen LogP contribution is 2.20. The van der Waals surface area contributed by atoms with Crippen molar-refractivity contribution in [3.8, 4) is 11.1 Å². The lowest BCUT2D eigenvalue weighted by Crippen LogP contribution is -2.50. The highest BCUT2D eigenvalue weighted by Gasteiger charge is 2.24. The standard InChI is InChI=1S/C17H12N2O2S/c20-15-14(16(22)19-17(21)18-15)10-11-6-8-13(9-7-11)12-4-2-1-3-5-12/h1-10H,(H2,18,19,20,21,22)/b14-10+. The van der Waals surface area contributed by atoms with Crippen molar-refractivity contribution in [1.29, 1.82) is 0 Å². The SMILES string of the molecule is O=C1NC(=O)/C(=C\c2ccc(-c3ccccc3)cc2)C(=S)N1. The Hall–Kier alpha value is -2.79. The van der Waals surface area contributed by atoms with Crippen LogP contribution in [0.2, 0.25) is 0 Å². The van der Waals surface area contributed by atoms with E-state index in [4.69, 9.17) is 12.2 Å². The summed E-state index contributed by atoms with van der Waals surface area (Å²) in [5, 5.41) is 4.58. The van der Waals surface area contributed by atoms with E-state index < -0.39 is 11.9 Å². The van der Waals surface area contributed by atoms with E-state index in [2.05, 4.69) is 10.6 Å². The summed E-state index contributed by atoms with van der Waals surface area (Å²) >= 11 is 5.02. The van der Waals surface area contributed by atoms with E-state index in [0.29, 0.717) is 0 Å². The molecule has 3 amide bonds. The summed E-state index contributed by atoms with van der Waals surface area (Å²) in [6.07, 6.45) is 1.66. The number of carbonyl (C=O) groups is 2. The lowest BCUT2D eigenvalue weighted by molar-refractivity contribution is -0.116. The van der Waals surface area contributed by atoms with E-state index in [0.717, 1.165) is 16.7 Å². The Labute approximate surface area is 132 Å². The predicted octanol–water partition coefficient (Wildman–Crippen LogP) is 2.90. The van der Waals surface area contributed by atoms with Crippen LogP contribution in [0.3, 0.4) is 0 Å². The highest BCUT2D eigenvalue weighted by molar-refractivity contribution is 7.81. The third kappa shape index (κ3) is 2.94. The quantitative estimate of drug-likeness (QED) is 0.662. The Morgan fingerprint density at radius 1 is 0.818 bits per heavy atom. The number of carbonyl (C=O) groups excluding carboxylic acids is 2. The molecule has 1 aliphatic heterocycles. The Bertz CT molecular complexity index is 758. The number of benzene rings is 2. The first-order valence-corrected chi connectivity index (χ1v) is 7.08. The number of imide groups is 1. The number of rotatable bonds is 2. The molecule has 22 heavy (non-hydrogen) atoms. The number of hydrogen-bond donors (Lipinski definition) is 2. The molecule has 0 unspecified atom stereocenters. The first-order valence-electron chi connectivity index (χ1n) is 6.67. The molecule has 2 aromatic carbocycles. The van der Waals surface area contributed by atoms with Gasteiger partial charge >= 0.3 is 6.03 Å². The van der Waals surface area contributed by atoms with Gasteiger partial charge in [-0.05, 0) is 22.8 Å². The highest BCUT2D eigenvalue weighted by atomic mass is 32.1. The predicted molar refractivity (Wildman–Crippen MR) is 89.1 cm³/mol. The minimum atomic E-state index is -0.591. The van der Waals surface area contributed by atoms with E-state index in [9.17, 15) is 9.59 Å². The zero-order chi connectivity index (χ0) is 15.5. The smallest absolute Gasteiger partial charge is 0.298 e. The number of nitrogens with one attached hydrogen (secondary N) is 2. The molecule has 5 heteroatoms. The molecule has 0 radical (unpaired) electrons. The van der Waals surface area contributed by atoms with Crippen LogP contribution in [0.1, 0.15) is 5.56 Å². The summed E-state index contributed by atoms with van der Waals surface area (Å²) in [5.41, 5.74) is 3.33. The maximum atomic E-state index is 11.8. The maximum absolute atomic E-state index is 11.8. The van der Waals surface area contributed by atoms with Gasteiger partial charge < -0.3 is 0 Å². The lowest BCUT2D eigenvalue weighted by Gasteiger charge is -2.16. The molecule has 0 aliphatic carbocycles. The Morgan fingerprint density at radius 2 is 1.45 bits per heavy atom. The Balaban J connectivity index is 1.87. The largest absolute Gasteiger partial charge is 0.326 e. The van der Waals surface area contributed by atoms with Crippen LogP contribution in [0.15, 0.2) is 60.2 Å². The summed E-state index contributed by atoms with van der Waals surface area (Å²) in [6.45, 7) is 0. The number of amides is 3. The lowest BCUT2D eigenvalue weighted by atomic mass is 10.0. The van der Waals surface area contributed by atoms with Crippen molar-refractivity contribution in [1.82, 2.24) is 10.6 Å². The van der Waals surface area contributed by atoms with E-state index >= 15 is 0 Å². The second-order valence-electron chi connectivity index (χ2n) is 4.78. The van der Waals surface area contributed by atoms with Crippen molar-refractivity contribution in [2.75, 3.05) is 0 Å². The average molecular weight is 308 g/mol. The van der Waals surface area contributed by atoms with Gasteiger partial charge in [-0.1, -0.05) is 66.8 Å². The van der Waals surface area contributed by atoms with E-state index in [-0.39, 0.29) is 10.6 Å². The number of hydrogen-bond acceptors (Lipinski definition) is 3. The van der Waals surface area contributed by atoms with Crippen LogP contribution in [-0.4, -0.2) is 16.9 Å². The fraction of sp³-hybridized carbons (Fsp3) is 0. The average Bonchev–Trinajstić information content (AvgIpc) is 2.52. The summed E-state index contributed by atoms with van der Waals surface area (Å²) < 4.78 is 0. The van der Waals surface area contributed by atoms with Crippen molar-refractivity contribution in [3.63, 3.8) is 0 Å². The van der Waals surface area contributed by atoms with Gasteiger partial charge in [0.25, 0.3) is 5.91 Å². The van der Waals surface area contributed by atoms with Gasteiger partial charge in [-0.2, -0.15) is 0 Å². The summed E-state index contributed by atoms with van der Waals surface area (Å²) in [7, 11) is 0. The van der Waals surface area contributed by atoms with Crippen molar-refractivity contribution >= 4 is 35.2 Å². The van der Waals surface area contributed by atoms with Crippen LogP contribution >= 0.6 is 12.2 Å². The third-order valence-corrected chi connectivity index (χ3v) is 3.59. The van der Waals surface area contributed by atoms with Crippen LogP contribution in [0.4, 0.5) is 4.79 Å². The van der Waals surface area contributed by atoms with Gasteiger partial charge in [0.05, 0.1) is 5.57 Å². The molecule has 108 valence electrons. The van der Waals surface area contributed by atoms with Crippen LogP contribution in [0.5, 0.6) is 0 Å². The van der Waals surface area contributed by atoms with Gasteiger partial charge in [0.2, 0.25) is 0 Å². The molecule has 0 bridgehead atoms. The van der Waals surface area contributed by atoms with Crippen molar-refractivity contribution < 1.29 is 9.59 Å². The van der Waals surface area contributed by atoms with Crippen LogP contribution in [0.25, 0.3) is 17.2 Å². The fourth-order valence-electron chi connectivity index (χ4n) is 2.18. The molecular formula is C17H12N2O2S. The second-order valence-corrected chi connectivity index (χ2v) is 5.19. The molecule has 0 spiro atoms. The minimum Gasteiger partial charge on any atom is -0.298 e. The topological polar surface area (TPSA) is 58.2 Å². The van der Waals surface area contributed by atoms with Crippen molar-refractivity contribution in [3.05, 3.63) is 65.7 Å². The molecule has 1 aliphatic rings. The molecule has 1 heterocycles. The van der Waals surface area contributed by atoms with Gasteiger partial charge in [-0.3, -0.25) is 15.4 Å². The Morgan fingerprint density at radius 3 is 2.09 bits per heavy atom. The number of urea groups is 1.